The van der Waals surface area contributed by atoms with Gasteiger partial charge in [0.15, 0.2) is 0 Å². The third-order valence-electron chi connectivity index (χ3n) is 12.8. The Hall–Kier alpha value is -6.92. The molecule has 1 aromatic heterocycles. The molecule has 5 nitrogen and oxygen atoms in total. The second-order valence-electron chi connectivity index (χ2n) is 17.4. The van der Waals surface area contributed by atoms with Crippen molar-refractivity contribution in [3.05, 3.63) is 193 Å². The molecule has 1 aliphatic carbocycles. The van der Waals surface area contributed by atoms with E-state index in [1.807, 2.05) is 72.8 Å². The summed E-state index contributed by atoms with van der Waals surface area (Å²) in [7, 11) is 0. The molecule has 6 heteroatoms. The molecule has 0 atom stereocenters. The Kier molecular flexibility index (Phi) is 7.17. The van der Waals surface area contributed by atoms with Gasteiger partial charge in [0.1, 0.15) is 11.6 Å². The van der Waals surface area contributed by atoms with Gasteiger partial charge in [-0.15, -0.1) is 0 Å². The highest BCUT2D eigenvalue weighted by Crippen LogP contribution is 2.50. The smallest absolute Gasteiger partial charge is 0.256 e. The molecule has 11 rings (SSSR count). The van der Waals surface area contributed by atoms with Crippen LogP contribution in [0.15, 0.2) is 182 Å². The van der Waals surface area contributed by atoms with E-state index in [2.05, 4.69) is 121 Å². The average molecular weight is 781 g/mol. The highest BCUT2D eigenvalue weighted by molar-refractivity contribution is 7.00. The fraction of sp³-hybridized carbons (Fsp3) is 0.148. The van der Waals surface area contributed by atoms with Gasteiger partial charge in [-0.3, -0.25) is 14.7 Å². The lowest BCUT2D eigenvalue weighted by Gasteiger charge is -2.45. The summed E-state index contributed by atoms with van der Waals surface area (Å²) in [6.45, 7) is 8.97. The predicted octanol–water partition coefficient (Wildman–Crippen LogP) is 12.0. The van der Waals surface area contributed by atoms with Crippen molar-refractivity contribution < 1.29 is 6.85 Å². The van der Waals surface area contributed by atoms with Crippen molar-refractivity contribution in [3.63, 3.8) is 0 Å². The molecule has 3 heterocycles. The zero-order valence-corrected chi connectivity index (χ0v) is 34.2. The van der Waals surface area contributed by atoms with Crippen LogP contribution in [0.4, 0.5) is 51.7 Å². The molecule has 60 heavy (non-hydrogen) atoms. The topological polar surface area (TPSA) is 35.5 Å². The van der Waals surface area contributed by atoms with Crippen LogP contribution in [-0.2, 0) is 10.8 Å². The zero-order chi connectivity index (χ0) is 44.9. The summed E-state index contributed by atoms with van der Waals surface area (Å²) >= 11 is 0. The van der Waals surface area contributed by atoms with E-state index in [9.17, 15) is 0 Å². The van der Waals surface area contributed by atoms with Crippen molar-refractivity contribution >= 4 is 74.8 Å². The van der Waals surface area contributed by atoms with E-state index in [4.69, 9.17) is 16.8 Å². The molecule has 290 valence electrons. The van der Waals surface area contributed by atoms with Gasteiger partial charge in [0, 0.05) is 39.6 Å². The lowest BCUT2D eigenvalue weighted by molar-refractivity contribution is 0.332. The first-order valence-corrected chi connectivity index (χ1v) is 20.8. The van der Waals surface area contributed by atoms with Crippen LogP contribution in [0.5, 0.6) is 0 Å². The third kappa shape index (κ3) is 5.77. The van der Waals surface area contributed by atoms with Crippen molar-refractivity contribution in [2.75, 3.05) is 14.7 Å². The third-order valence-corrected chi connectivity index (χ3v) is 12.8. The summed E-state index contributed by atoms with van der Waals surface area (Å²) in [5.74, 6) is 1.96. The first-order chi connectivity index (χ1) is 31.3. The van der Waals surface area contributed by atoms with Crippen LogP contribution in [0, 0.1) is 0 Å². The van der Waals surface area contributed by atoms with Crippen molar-refractivity contribution in [2.24, 2.45) is 0 Å². The SMILES string of the molecule is [2H]c1c([2H])c([2H])c(-c2ccc3c(c2)B2c4ccccc4N(c4ccccc4)c4nc(N(c5ccccc5)c5ccccc5)nc(c42)N3c2ccc3c(c2)C(C)(C)CCC3(C)C)c([2H])c1[2H]. The zero-order valence-electron chi connectivity index (χ0n) is 39.2. The monoisotopic (exact) mass is 780 g/mol. The largest absolute Gasteiger partial charge is 0.296 e. The minimum absolute atomic E-state index is 0.000135. The summed E-state index contributed by atoms with van der Waals surface area (Å²) in [6.07, 6.45) is 2.14. The molecule has 0 radical (unpaired) electrons. The summed E-state index contributed by atoms with van der Waals surface area (Å²) in [4.78, 5) is 18.0. The molecular formula is C54H46BN5. The Balaban J connectivity index is 1.27. The Morgan fingerprint density at radius 3 is 1.77 bits per heavy atom. The standard InChI is InChI=1S/C54H46BN5/c1-53(2)33-34-54(3,4)44-36-42(30-31-43(44)53)60-48-32-29-38(37-19-9-5-10-20-37)35-46(48)55-45-27-17-18-28-47(45)59(41-25-15-8-16-26-41)50-49(55)51(60)57-52(56-50)58(39-21-11-6-12-22-39)40-23-13-7-14-24-40/h5-32,35-36H,33-34H2,1-4H3/i5D,9D,10D,19D,20D. The van der Waals surface area contributed by atoms with Gasteiger partial charge in [0.25, 0.3) is 6.71 Å². The molecule has 0 saturated heterocycles. The number of aromatic nitrogens is 2. The Labute approximate surface area is 360 Å². The maximum atomic E-state index is 9.03. The lowest BCUT2D eigenvalue weighted by atomic mass is 9.34. The second-order valence-corrected chi connectivity index (χ2v) is 17.4. The summed E-state index contributed by atoms with van der Waals surface area (Å²) in [6, 6.07) is 50.4. The highest BCUT2D eigenvalue weighted by Gasteiger charge is 2.46. The van der Waals surface area contributed by atoms with E-state index >= 15 is 0 Å². The molecule has 8 aromatic rings. The van der Waals surface area contributed by atoms with Gasteiger partial charge in [0.05, 0.1) is 6.85 Å². The van der Waals surface area contributed by atoms with Crippen molar-refractivity contribution in [1.82, 2.24) is 9.97 Å². The number of hydrogen-bond donors (Lipinski definition) is 0. The van der Waals surface area contributed by atoms with E-state index in [-0.39, 0.29) is 40.6 Å². The van der Waals surface area contributed by atoms with Gasteiger partial charge in [-0.25, -0.2) is 0 Å². The molecule has 3 aliphatic rings. The summed E-state index contributed by atoms with van der Waals surface area (Å²) in [5, 5.41) is 0. The van der Waals surface area contributed by atoms with Gasteiger partial charge < -0.3 is 0 Å². The van der Waals surface area contributed by atoms with E-state index in [0.29, 0.717) is 11.5 Å². The number of para-hydroxylation sites is 4. The Morgan fingerprint density at radius 1 is 0.533 bits per heavy atom. The van der Waals surface area contributed by atoms with Crippen LogP contribution in [0.3, 0.4) is 0 Å². The number of anilines is 9. The van der Waals surface area contributed by atoms with Crippen molar-refractivity contribution in [1.29, 1.82) is 0 Å². The predicted molar refractivity (Wildman–Crippen MR) is 251 cm³/mol. The quantitative estimate of drug-likeness (QED) is 0.157. The number of fused-ring (bicyclic) bond motifs is 5. The van der Waals surface area contributed by atoms with Crippen LogP contribution in [0.1, 0.15) is 58.5 Å². The molecule has 0 unspecified atom stereocenters. The van der Waals surface area contributed by atoms with Crippen molar-refractivity contribution in [3.8, 4) is 11.1 Å². The van der Waals surface area contributed by atoms with Crippen LogP contribution >= 0.6 is 0 Å². The molecule has 0 saturated carbocycles. The molecule has 2 aliphatic heterocycles. The second kappa shape index (κ2) is 13.8. The fourth-order valence-electron chi connectivity index (χ4n) is 9.66. The van der Waals surface area contributed by atoms with E-state index in [1.54, 1.807) is 0 Å². The van der Waals surface area contributed by atoms with Crippen LogP contribution < -0.4 is 31.1 Å². The van der Waals surface area contributed by atoms with Gasteiger partial charge in [-0.2, -0.15) is 9.97 Å². The number of benzene rings is 7. The minimum atomic E-state index is -0.417. The van der Waals surface area contributed by atoms with Crippen molar-refractivity contribution in [2.45, 2.75) is 51.4 Å². The minimum Gasteiger partial charge on any atom is -0.296 e. The molecule has 0 N–H and O–H groups in total. The molecule has 0 fully saturated rings. The van der Waals surface area contributed by atoms with E-state index < -0.39 is 12.8 Å². The van der Waals surface area contributed by atoms with E-state index in [0.717, 1.165) is 75.0 Å². The number of rotatable bonds is 6. The average Bonchev–Trinajstić information content (AvgIpc) is 3.32. The Morgan fingerprint density at radius 2 is 1.10 bits per heavy atom. The van der Waals surface area contributed by atoms with Crippen LogP contribution in [0.2, 0.25) is 0 Å². The number of nitrogens with zero attached hydrogens (tertiary/aromatic N) is 5. The van der Waals surface area contributed by atoms with Gasteiger partial charge in [-0.1, -0.05) is 149 Å². The summed E-state index contributed by atoms with van der Waals surface area (Å²) in [5.41, 5.74) is 11.7. The van der Waals surface area contributed by atoms with Crippen LogP contribution in [-0.4, -0.2) is 16.7 Å². The normalized spacial score (nSPS) is 16.5. The molecular weight excluding hydrogens is 729 g/mol. The van der Waals surface area contributed by atoms with Gasteiger partial charge >= 0.3 is 0 Å². The molecule has 0 bridgehead atoms. The summed E-state index contributed by atoms with van der Waals surface area (Å²) < 4.78 is 43.6. The fourth-order valence-corrected chi connectivity index (χ4v) is 9.66. The van der Waals surface area contributed by atoms with Crippen LogP contribution in [0.25, 0.3) is 11.1 Å². The molecule has 0 amide bonds. The number of hydrogen-bond acceptors (Lipinski definition) is 5. The Bertz CT molecular complexity index is 3130. The molecule has 0 spiro atoms. The van der Waals surface area contributed by atoms with Gasteiger partial charge in [0.2, 0.25) is 5.95 Å². The lowest BCUT2D eigenvalue weighted by Crippen LogP contribution is -2.62. The first-order valence-electron chi connectivity index (χ1n) is 23.3. The molecule has 7 aromatic carbocycles. The highest BCUT2D eigenvalue weighted by atomic mass is 15.3. The maximum absolute atomic E-state index is 9.03. The first kappa shape index (κ1) is 31.1. The van der Waals surface area contributed by atoms with Gasteiger partial charge in [-0.05, 0) is 118 Å². The van der Waals surface area contributed by atoms with E-state index in [1.165, 1.54) is 11.1 Å². The maximum Gasteiger partial charge on any atom is 0.256 e.